The van der Waals surface area contributed by atoms with Crippen LogP contribution in [0.2, 0.25) is 0 Å². The molecule has 0 N–H and O–H groups in total. The molecule has 0 bridgehead atoms. The Morgan fingerprint density at radius 2 is 1.72 bits per heavy atom. The van der Waals surface area contributed by atoms with E-state index >= 15 is 0 Å². The normalized spacial score (nSPS) is 11.0. The van der Waals surface area contributed by atoms with Crippen LogP contribution < -0.4 is 4.90 Å². The maximum atomic E-state index is 13.4. The molecular weight excluding hydrogens is 425 g/mol. The summed E-state index contributed by atoms with van der Waals surface area (Å²) in [6.07, 6.45) is 0.0926. The number of fused-ring (bicyclic) bond motifs is 1. The topological polar surface area (TPSA) is 59.2 Å². The highest BCUT2D eigenvalue weighted by atomic mass is 32.1. The van der Waals surface area contributed by atoms with Crippen LogP contribution in [0, 0.1) is 5.82 Å². The predicted octanol–water partition coefficient (Wildman–Crippen LogP) is 5.87. The monoisotopic (exact) mass is 443 g/mol. The number of amides is 1. The molecule has 7 heteroatoms. The summed E-state index contributed by atoms with van der Waals surface area (Å²) in [6.45, 7) is 0.381. The first-order valence-electron chi connectivity index (χ1n) is 10.1. The van der Waals surface area contributed by atoms with Crippen LogP contribution in [0.4, 0.5) is 9.52 Å². The maximum absolute atomic E-state index is 13.4. The van der Waals surface area contributed by atoms with Gasteiger partial charge in [0, 0.05) is 16.3 Å². The van der Waals surface area contributed by atoms with Crippen molar-refractivity contribution in [2.24, 2.45) is 0 Å². The number of carbonyl (C=O) groups excluding carboxylic acids is 1. The summed E-state index contributed by atoms with van der Waals surface area (Å²) in [5.74, 6) is -0.433. The Labute approximate surface area is 187 Å². The van der Waals surface area contributed by atoms with E-state index in [0.29, 0.717) is 28.6 Å². The average Bonchev–Trinajstić information content (AvgIpc) is 3.47. The number of hydrogen-bond donors (Lipinski definition) is 0. The summed E-state index contributed by atoms with van der Waals surface area (Å²) in [4.78, 5) is 19.8. The van der Waals surface area contributed by atoms with Gasteiger partial charge in [0.25, 0.3) is 0 Å². The van der Waals surface area contributed by atoms with Gasteiger partial charge >= 0.3 is 0 Å². The van der Waals surface area contributed by atoms with Gasteiger partial charge < -0.3 is 4.52 Å². The highest BCUT2D eigenvalue weighted by Crippen LogP contribution is 2.29. The second kappa shape index (κ2) is 8.72. The number of hydrogen-bond acceptors (Lipinski definition) is 5. The summed E-state index contributed by atoms with van der Waals surface area (Å²) in [5, 5.41) is 7.38. The van der Waals surface area contributed by atoms with Crippen LogP contribution in [-0.4, -0.2) is 16.0 Å². The fraction of sp³-hybridized carbons (Fsp3) is 0.0800. The molecule has 1 amide bonds. The number of aromatic nitrogens is 2. The van der Waals surface area contributed by atoms with Crippen molar-refractivity contribution in [2.75, 3.05) is 4.90 Å². The van der Waals surface area contributed by atoms with Gasteiger partial charge in [-0.15, -0.1) is 11.3 Å². The van der Waals surface area contributed by atoms with E-state index in [4.69, 9.17) is 4.52 Å². The molecule has 0 aliphatic heterocycles. The van der Waals surface area contributed by atoms with Gasteiger partial charge in [0.05, 0.1) is 18.7 Å². The molecule has 0 saturated heterocycles. The lowest BCUT2D eigenvalue weighted by Gasteiger charge is -2.19. The van der Waals surface area contributed by atoms with Crippen LogP contribution in [0.5, 0.6) is 0 Å². The summed E-state index contributed by atoms with van der Waals surface area (Å²) in [6, 6.07) is 23.4. The minimum Gasteiger partial charge on any atom is -0.356 e. The highest BCUT2D eigenvalue weighted by Gasteiger charge is 2.22. The number of nitrogens with zero attached hydrogens (tertiary/aromatic N) is 3. The van der Waals surface area contributed by atoms with Gasteiger partial charge in [-0.2, -0.15) is 0 Å². The molecule has 5 rings (SSSR count). The molecule has 3 aromatic carbocycles. The first-order valence-corrected chi connectivity index (χ1v) is 10.9. The molecule has 0 unspecified atom stereocenters. The van der Waals surface area contributed by atoms with E-state index in [1.807, 2.05) is 60.0 Å². The summed E-state index contributed by atoms with van der Waals surface area (Å²) < 4.78 is 18.7. The minimum atomic E-state index is -0.301. The molecule has 0 atom stereocenters. The number of rotatable bonds is 6. The van der Waals surface area contributed by atoms with Crippen LogP contribution in [0.1, 0.15) is 11.3 Å². The van der Waals surface area contributed by atoms with E-state index in [1.54, 1.807) is 17.0 Å². The molecule has 2 heterocycles. The Bertz CT molecular complexity index is 1360. The van der Waals surface area contributed by atoms with E-state index in [-0.39, 0.29) is 18.1 Å². The van der Waals surface area contributed by atoms with E-state index in [1.165, 1.54) is 23.5 Å². The van der Waals surface area contributed by atoms with E-state index in [2.05, 4.69) is 10.1 Å². The fourth-order valence-electron chi connectivity index (χ4n) is 3.47. The molecule has 5 aromatic rings. The molecule has 0 aliphatic carbocycles. The van der Waals surface area contributed by atoms with E-state index < -0.39 is 0 Å². The zero-order chi connectivity index (χ0) is 21.9. The summed E-state index contributed by atoms with van der Waals surface area (Å²) in [7, 11) is 0. The Balaban J connectivity index is 1.46. The molecule has 0 saturated carbocycles. The van der Waals surface area contributed by atoms with Gasteiger partial charge in [0.15, 0.2) is 10.7 Å². The number of benzene rings is 3. The lowest BCUT2D eigenvalue weighted by atomic mass is 10.1. The van der Waals surface area contributed by atoms with Crippen molar-refractivity contribution in [1.29, 1.82) is 0 Å². The zero-order valence-corrected chi connectivity index (χ0v) is 17.8. The molecule has 5 nitrogen and oxygen atoms in total. The maximum Gasteiger partial charge on any atom is 0.235 e. The molecule has 158 valence electrons. The van der Waals surface area contributed by atoms with E-state index in [9.17, 15) is 9.18 Å². The average molecular weight is 444 g/mol. The molecular formula is C25H18FN3O2S. The lowest BCUT2D eigenvalue weighted by Crippen LogP contribution is -2.31. The second-order valence-electron chi connectivity index (χ2n) is 7.29. The minimum absolute atomic E-state index is 0.0926. The van der Waals surface area contributed by atoms with Gasteiger partial charge in [-0.1, -0.05) is 47.6 Å². The molecule has 0 fully saturated rings. The van der Waals surface area contributed by atoms with Crippen molar-refractivity contribution < 1.29 is 13.7 Å². The zero-order valence-electron chi connectivity index (χ0n) is 16.9. The van der Waals surface area contributed by atoms with Gasteiger partial charge in [-0.3, -0.25) is 9.69 Å². The smallest absolute Gasteiger partial charge is 0.235 e. The van der Waals surface area contributed by atoms with Crippen molar-refractivity contribution in [2.45, 2.75) is 13.0 Å². The third-order valence-corrected chi connectivity index (χ3v) is 5.98. The summed E-state index contributed by atoms with van der Waals surface area (Å²) >= 11 is 1.38. The standard InChI is InChI=1S/C25H18FN3O2S/c26-19-12-10-18(11-13-19)22-16-32-25(27-22)29(15-17-6-2-1-3-7-17)24(30)14-21-20-8-4-5-9-23(20)31-28-21/h1-13,16H,14-15H2. The van der Waals surface area contributed by atoms with Gasteiger partial charge in [0.1, 0.15) is 11.5 Å². The number of para-hydroxylation sites is 1. The lowest BCUT2D eigenvalue weighted by molar-refractivity contribution is -0.118. The number of carbonyl (C=O) groups is 1. The van der Waals surface area contributed by atoms with Crippen LogP contribution in [-0.2, 0) is 17.8 Å². The molecule has 2 aromatic heterocycles. The Morgan fingerprint density at radius 1 is 0.969 bits per heavy atom. The number of thiazole rings is 1. The summed E-state index contributed by atoms with van der Waals surface area (Å²) in [5.41, 5.74) is 3.73. The van der Waals surface area contributed by atoms with Gasteiger partial charge in [0.2, 0.25) is 5.91 Å². The van der Waals surface area contributed by atoms with Crippen molar-refractivity contribution in [3.05, 3.63) is 101 Å². The Kier molecular flexibility index (Phi) is 5.47. The third kappa shape index (κ3) is 4.15. The SMILES string of the molecule is O=C(Cc1noc2ccccc12)N(Cc1ccccc1)c1nc(-c2ccc(F)cc2)cs1. The van der Waals surface area contributed by atoms with Gasteiger partial charge in [-0.05, 0) is 42.0 Å². The van der Waals surface area contributed by atoms with Crippen molar-refractivity contribution in [1.82, 2.24) is 10.1 Å². The predicted molar refractivity (Wildman–Crippen MR) is 123 cm³/mol. The first kappa shape index (κ1) is 20.1. The molecule has 0 spiro atoms. The first-order chi connectivity index (χ1) is 15.7. The molecule has 0 aliphatic rings. The fourth-order valence-corrected chi connectivity index (χ4v) is 4.32. The Hall–Kier alpha value is -3.84. The van der Waals surface area contributed by atoms with Crippen LogP contribution in [0.25, 0.3) is 22.2 Å². The highest BCUT2D eigenvalue weighted by molar-refractivity contribution is 7.14. The number of halogens is 1. The van der Waals surface area contributed by atoms with Gasteiger partial charge in [-0.25, -0.2) is 9.37 Å². The largest absolute Gasteiger partial charge is 0.356 e. The second-order valence-corrected chi connectivity index (χ2v) is 8.13. The quantitative estimate of drug-likeness (QED) is 0.329. The van der Waals surface area contributed by atoms with E-state index in [0.717, 1.165) is 16.5 Å². The third-order valence-electron chi connectivity index (χ3n) is 5.12. The van der Waals surface area contributed by atoms with Crippen LogP contribution in [0.15, 0.2) is 88.8 Å². The van der Waals surface area contributed by atoms with Crippen molar-refractivity contribution >= 4 is 33.3 Å². The van der Waals surface area contributed by atoms with Crippen LogP contribution >= 0.6 is 11.3 Å². The Morgan fingerprint density at radius 3 is 2.53 bits per heavy atom. The van der Waals surface area contributed by atoms with Crippen molar-refractivity contribution in [3.8, 4) is 11.3 Å². The molecule has 0 radical (unpaired) electrons. The van der Waals surface area contributed by atoms with Crippen LogP contribution in [0.3, 0.4) is 0 Å². The number of anilines is 1. The van der Waals surface area contributed by atoms with Crippen molar-refractivity contribution in [3.63, 3.8) is 0 Å². The molecule has 32 heavy (non-hydrogen) atoms.